The van der Waals surface area contributed by atoms with Crippen molar-refractivity contribution in [1.82, 2.24) is 4.98 Å². The Morgan fingerprint density at radius 1 is 1.16 bits per heavy atom. The summed E-state index contributed by atoms with van der Waals surface area (Å²) >= 11 is 0. The van der Waals surface area contributed by atoms with Gasteiger partial charge in [-0.15, -0.1) is 0 Å². The van der Waals surface area contributed by atoms with Gasteiger partial charge >= 0.3 is 0 Å². The highest BCUT2D eigenvalue weighted by molar-refractivity contribution is 7.90. The molecule has 2 aromatic rings. The zero-order valence-corrected chi connectivity index (χ0v) is 11.5. The minimum absolute atomic E-state index is 0.338. The van der Waals surface area contributed by atoms with Crippen LogP contribution >= 0.6 is 0 Å². The molecule has 0 amide bonds. The van der Waals surface area contributed by atoms with Crippen molar-refractivity contribution in [3.05, 3.63) is 54.4 Å². The maximum absolute atomic E-state index is 11.3. The fourth-order valence-electron chi connectivity index (χ4n) is 1.72. The molecule has 0 aliphatic heterocycles. The van der Waals surface area contributed by atoms with Crippen LogP contribution in [0.25, 0.3) is 0 Å². The van der Waals surface area contributed by atoms with E-state index in [1.807, 2.05) is 18.3 Å². The second-order valence-electron chi connectivity index (χ2n) is 4.33. The normalized spacial score (nSPS) is 11.2. The molecule has 0 saturated carbocycles. The highest BCUT2D eigenvalue weighted by atomic mass is 32.2. The first kappa shape index (κ1) is 13.5. The van der Waals surface area contributed by atoms with Gasteiger partial charge in [-0.2, -0.15) is 0 Å². The van der Waals surface area contributed by atoms with Gasteiger partial charge in [-0.25, -0.2) is 8.42 Å². The highest BCUT2D eigenvalue weighted by Crippen LogP contribution is 2.13. The van der Waals surface area contributed by atoms with Gasteiger partial charge in [0.2, 0.25) is 0 Å². The minimum Gasteiger partial charge on any atom is -0.385 e. The molecule has 0 saturated heterocycles. The van der Waals surface area contributed by atoms with Gasteiger partial charge in [0.15, 0.2) is 9.84 Å². The third-order valence-electron chi connectivity index (χ3n) is 2.75. The van der Waals surface area contributed by atoms with Crippen molar-refractivity contribution in [3.8, 4) is 0 Å². The van der Waals surface area contributed by atoms with Crippen LogP contribution in [-0.2, 0) is 16.3 Å². The standard InChI is InChI=1S/C14H16N2O2S/c1-19(17,18)14-6-4-13(5-7-14)16-10-8-12-3-2-9-15-11-12/h2-7,9,11,16H,8,10H2,1H3. The number of hydrogen-bond donors (Lipinski definition) is 1. The van der Waals surface area contributed by atoms with E-state index in [2.05, 4.69) is 10.3 Å². The van der Waals surface area contributed by atoms with Crippen molar-refractivity contribution in [1.29, 1.82) is 0 Å². The van der Waals surface area contributed by atoms with Crippen molar-refractivity contribution < 1.29 is 8.42 Å². The van der Waals surface area contributed by atoms with E-state index in [0.717, 1.165) is 18.7 Å². The first-order valence-corrected chi connectivity index (χ1v) is 7.88. The third-order valence-corrected chi connectivity index (χ3v) is 3.88. The Balaban J connectivity index is 1.90. The molecule has 0 unspecified atom stereocenters. The summed E-state index contributed by atoms with van der Waals surface area (Å²) < 4.78 is 22.6. The van der Waals surface area contributed by atoms with Gasteiger partial charge in [0, 0.05) is 30.9 Å². The molecule has 100 valence electrons. The molecule has 0 bridgehead atoms. The number of pyridine rings is 1. The zero-order chi connectivity index (χ0) is 13.7. The lowest BCUT2D eigenvalue weighted by Crippen LogP contribution is -2.05. The number of sulfone groups is 1. The van der Waals surface area contributed by atoms with Crippen LogP contribution in [0.5, 0.6) is 0 Å². The van der Waals surface area contributed by atoms with E-state index in [4.69, 9.17) is 0 Å². The first-order valence-electron chi connectivity index (χ1n) is 5.98. The first-order chi connectivity index (χ1) is 9.05. The summed E-state index contributed by atoms with van der Waals surface area (Å²) in [6.07, 6.45) is 5.68. The summed E-state index contributed by atoms with van der Waals surface area (Å²) in [6.45, 7) is 0.782. The van der Waals surface area contributed by atoms with Gasteiger partial charge in [0.05, 0.1) is 4.90 Å². The summed E-state index contributed by atoms with van der Waals surface area (Å²) in [7, 11) is -3.12. The molecular formula is C14H16N2O2S. The Labute approximate surface area is 113 Å². The quantitative estimate of drug-likeness (QED) is 0.909. The molecular weight excluding hydrogens is 260 g/mol. The third kappa shape index (κ3) is 4.06. The van der Waals surface area contributed by atoms with Crippen molar-refractivity contribution in [2.45, 2.75) is 11.3 Å². The maximum Gasteiger partial charge on any atom is 0.175 e. The molecule has 0 atom stereocenters. The predicted octanol–water partition coefficient (Wildman–Crippen LogP) is 2.14. The van der Waals surface area contributed by atoms with Crippen LogP contribution in [0.4, 0.5) is 5.69 Å². The summed E-state index contributed by atoms with van der Waals surface area (Å²) in [4.78, 5) is 4.39. The predicted molar refractivity (Wildman–Crippen MR) is 76.0 cm³/mol. The molecule has 1 heterocycles. The van der Waals surface area contributed by atoms with Crippen LogP contribution in [0.2, 0.25) is 0 Å². The van der Waals surface area contributed by atoms with Crippen LogP contribution in [0.1, 0.15) is 5.56 Å². The van der Waals surface area contributed by atoms with E-state index in [0.29, 0.717) is 4.90 Å². The molecule has 0 aliphatic carbocycles. The van der Waals surface area contributed by atoms with Crippen LogP contribution in [0.15, 0.2) is 53.7 Å². The van der Waals surface area contributed by atoms with Gasteiger partial charge in [-0.3, -0.25) is 4.98 Å². The van der Waals surface area contributed by atoms with Crippen LogP contribution in [0, 0.1) is 0 Å². The summed E-state index contributed by atoms with van der Waals surface area (Å²) in [5.74, 6) is 0. The Hall–Kier alpha value is -1.88. The summed E-state index contributed by atoms with van der Waals surface area (Å²) in [6, 6.07) is 10.7. The van der Waals surface area contributed by atoms with Gasteiger partial charge < -0.3 is 5.32 Å². The topological polar surface area (TPSA) is 59.1 Å². The second-order valence-corrected chi connectivity index (χ2v) is 6.35. The molecule has 0 spiro atoms. The van der Waals surface area contributed by atoms with E-state index < -0.39 is 9.84 Å². The number of nitrogens with zero attached hydrogens (tertiary/aromatic N) is 1. The highest BCUT2D eigenvalue weighted by Gasteiger charge is 2.05. The number of rotatable bonds is 5. The number of anilines is 1. The molecule has 19 heavy (non-hydrogen) atoms. The van der Waals surface area contributed by atoms with Crippen LogP contribution in [0.3, 0.4) is 0 Å². The van der Waals surface area contributed by atoms with E-state index in [-0.39, 0.29) is 0 Å². The van der Waals surface area contributed by atoms with Crippen molar-refractivity contribution in [2.75, 3.05) is 18.1 Å². The molecule has 1 aromatic carbocycles. The largest absolute Gasteiger partial charge is 0.385 e. The average Bonchev–Trinajstić information content (AvgIpc) is 2.39. The monoisotopic (exact) mass is 276 g/mol. The molecule has 0 aliphatic rings. The van der Waals surface area contributed by atoms with E-state index >= 15 is 0 Å². The number of hydrogen-bond acceptors (Lipinski definition) is 4. The Bertz CT molecular complexity index is 622. The molecule has 1 aromatic heterocycles. The van der Waals surface area contributed by atoms with Gasteiger partial charge in [0.1, 0.15) is 0 Å². The lowest BCUT2D eigenvalue weighted by Gasteiger charge is -2.07. The van der Waals surface area contributed by atoms with Crippen molar-refractivity contribution in [3.63, 3.8) is 0 Å². The second kappa shape index (κ2) is 5.84. The van der Waals surface area contributed by atoms with Crippen molar-refractivity contribution in [2.24, 2.45) is 0 Å². The minimum atomic E-state index is -3.12. The molecule has 2 rings (SSSR count). The molecule has 4 nitrogen and oxygen atoms in total. The molecule has 5 heteroatoms. The summed E-state index contributed by atoms with van der Waals surface area (Å²) in [5.41, 5.74) is 2.08. The molecule has 0 fully saturated rings. The average molecular weight is 276 g/mol. The fraction of sp³-hybridized carbons (Fsp3) is 0.214. The van der Waals surface area contributed by atoms with Crippen LogP contribution in [-0.4, -0.2) is 26.2 Å². The zero-order valence-electron chi connectivity index (χ0n) is 10.7. The Kier molecular flexibility index (Phi) is 4.16. The summed E-state index contributed by atoms with van der Waals surface area (Å²) in [5, 5.41) is 3.25. The van der Waals surface area contributed by atoms with Gasteiger partial charge in [-0.1, -0.05) is 6.07 Å². The molecule has 0 radical (unpaired) electrons. The maximum atomic E-state index is 11.3. The fourth-order valence-corrected chi connectivity index (χ4v) is 2.35. The van der Waals surface area contributed by atoms with E-state index in [9.17, 15) is 8.42 Å². The molecule has 1 N–H and O–H groups in total. The SMILES string of the molecule is CS(=O)(=O)c1ccc(NCCc2cccnc2)cc1. The Morgan fingerprint density at radius 2 is 1.89 bits per heavy atom. The lowest BCUT2D eigenvalue weighted by atomic mass is 10.2. The van der Waals surface area contributed by atoms with E-state index in [1.165, 1.54) is 11.8 Å². The number of nitrogens with one attached hydrogen (secondary N) is 1. The number of aromatic nitrogens is 1. The van der Waals surface area contributed by atoms with Crippen LogP contribution < -0.4 is 5.32 Å². The van der Waals surface area contributed by atoms with Gasteiger partial charge in [-0.05, 0) is 42.3 Å². The smallest absolute Gasteiger partial charge is 0.175 e. The number of benzene rings is 1. The van der Waals surface area contributed by atoms with Gasteiger partial charge in [0.25, 0.3) is 0 Å². The Morgan fingerprint density at radius 3 is 2.47 bits per heavy atom. The van der Waals surface area contributed by atoms with E-state index in [1.54, 1.807) is 30.5 Å². The van der Waals surface area contributed by atoms with Crippen molar-refractivity contribution >= 4 is 15.5 Å². The lowest BCUT2D eigenvalue weighted by molar-refractivity contribution is 0.602.